The minimum absolute atomic E-state index is 0.0194. The van der Waals surface area contributed by atoms with Gasteiger partial charge in [0.1, 0.15) is 0 Å². The summed E-state index contributed by atoms with van der Waals surface area (Å²) in [6, 6.07) is 0. The maximum Gasteiger partial charge on any atom is 0.306 e. The zero-order valence-corrected chi connectivity index (χ0v) is 7.75. The average Bonchev–Trinajstić information content (AvgIpc) is 2.11. The van der Waals surface area contributed by atoms with Crippen molar-refractivity contribution >= 4 is 11.9 Å². The summed E-state index contributed by atoms with van der Waals surface area (Å²) in [6.45, 7) is 2.12. The van der Waals surface area contributed by atoms with Crippen LogP contribution in [0.1, 0.15) is 19.8 Å². The van der Waals surface area contributed by atoms with E-state index < -0.39 is 5.97 Å². The number of rotatable bonds is 6. The van der Waals surface area contributed by atoms with E-state index in [0.29, 0.717) is 19.4 Å². The molecule has 0 saturated heterocycles. The topological polar surface area (TPSA) is 92.4 Å². The number of amides is 1. The van der Waals surface area contributed by atoms with Gasteiger partial charge in [-0.25, -0.2) is 0 Å². The maximum absolute atomic E-state index is 10.6. The van der Waals surface area contributed by atoms with E-state index >= 15 is 0 Å². The van der Waals surface area contributed by atoms with Crippen LogP contribution in [0.3, 0.4) is 0 Å². The van der Waals surface area contributed by atoms with E-state index in [2.05, 4.69) is 5.32 Å². The fourth-order valence-electron chi connectivity index (χ4n) is 0.832. The zero-order chi connectivity index (χ0) is 10.3. The summed E-state index contributed by atoms with van der Waals surface area (Å²) < 4.78 is 0. The van der Waals surface area contributed by atoms with E-state index in [-0.39, 0.29) is 18.4 Å². The summed E-state index contributed by atoms with van der Waals surface area (Å²) in [7, 11) is 0. The van der Waals surface area contributed by atoms with E-state index in [1.165, 1.54) is 0 Å². The molecule has 0 saturated carbocycles. The Morgan fingerprint density at radius 1 is 1.54 bits per heavy atom. The van der Waals surface area contributed by atoms with Crippen molar-refractivity contribution in [3.05, 3.63) is 0 Å². The molecule has 0 aromatic carbocycles. The second-order valence-electron chi connectivity index (χ2n) is 2.94. The molecule has 0 heterocycles. The van der Waals surface area contributed by atoms with Crippen LogP contribution < -0.4 is 11.1 Å². The van der Waals surface area contributed by atoms with E-state index in [4.69, 9.17) is 10.8 Å². The molecule has 0 fully saturated rings. The first kappa shape index (κ1) is 11.9. The van der Waals surface area contributed by atoms with Gasteiger partial charge in [-0.05, 0) is 12.8 Å². The summed E-state index contributed by atoms with van der Waals surface area (Å²) in [5, 5.41) is 11.1. The Morgan fingerprint density at radius 2 is 2.15 bits per heavy atom. The Balaban J connectivity index is 3.35. The van der Waals surface area contributed by atoms with E-state index in [1.54, 1.807) is 6.92 Å². The fourth-order valence-corrected chi connectivity index (χ4v) is 0.832. The lowest BCUT2D eigenvalue weighted by Crippen LogP contribution is -2.31. The summed E-state index contributed by atoms with van der Waals surface area (Å²) in [5.41, 5.74) is 5.06. The molecule has 5 heteroatoms. The van der Waals surface area contributed by atoms with Gasteiger partial charge in [-0.15, -0.1) is 0 Å². The third-order valence-corrected chi connectivity index (χ3v) is 1.74. The second-order valence-corrected chi connectivity index (χ2v) is 2.94. The number of aliphatic carboxylic acids is 1. The maximum atomic E-state index is 10.6. The molecule has 1 amide bonds. The van der Waals surface area contributed by atoms with Crippen molar-refractivity contribution < 1.29 is 14.7 Å². The molecule has 0 aliphatic carbocycles. The summed E-state index contributed by atoms with van der Waals surface area (Å²) >= 11 is 0. The van der Waals surface area contributed by atoms with E-state index in [1.807, 2.05) is 0 Å². The van der Waals surface area contributed by atoms with Crippen LogP contribution >= 0.6 is 0 Å². The van der Waals surface area contributed by atoms with Crippen LogP contribution in [-0.4, -0.2) is 30.1 Å². The first-order valence-corrected chi connectivity index (χ1v) is 4.27. The van der Waals surface area contributed by atoms with Crippen LogP contribution in [0, 0.1) is 5.92 Å². The number of hydrogen-bond acceptors (Lipinski definition) is 3. The lowest BCUT2D eigenvalue weighted by atomic mass is 10.1. The number of nitrogens with one attached hydrogen (secondary N) is 1. The van der Waals surface area contributed by atoms with E-state index in [0.717, 1.165) is 0 Å². The summed E-state index contributed by atoms with van der Waals surface area (Å²) in [4.78, 5) is 21.0. The minimum Gasteiger partial charge on any atom is -0.481 e. The van der Waals surface area contributed by atoms with Crippen LogP contribution in [0.5, 0.6) is 0 Å². The van der Waals surface area contributed by atoms with Gasteiger partial charge in [0.05, 0.1) is 12.5 Å². The summed E-state index contributed by atoms with van der Waals surface area (Å²) in [5.74, 6) is -1.36. The Kier molecular flexibility index (Phi) is 5.88. The predicted molar refractivity (Wildman–Crippen MR) is 48.1 cm³/mol. The van der Waals surface area contributed by atoms with Gasteiger partial charge in [-0.1, -0.05) is 6.92 Å². The van der Waals surface area contributed by atoms with Crippen LogP contribution in [0.4, 0.5) is 0 Å². The van der Waals surface area contributed by atoms with Crippen molar-refractivity contribution in [3.63, 3.8) is 0 Å². The highest BCUT2D eigenvalue weighted by Gasteiger charge is 2.09. The zero-order valence-electron chi connectivity index (χ0n) is 7.75. The van der Waals surface area contributed by atoms with Crippen molar-refractivity contribution in [3.8, 4) is 0 Å². The molecular weight excluding hydrogens is 172 g/mol. The van der Waals surface area contributed by atoms with Gasteiger partial charge in [-0.3, -0.25) is 9.59 Å². The number of carboxylic acids is 1. The molecular formula is C8H16N2O3. The molecule has 0 aliphatic rings. The average molecular weight is 188 g/mol. The van der Waals surface area contributed by atoms with Gasteiger partial charge in [0, 0.05) is 6.54 Å². The quantitative estimate of drug-likeness (QED) is 0.493. The van der Waals surface area contributed by atoms with Crippen LogP contribution in [0.15, 0.2) is 0 Å². The van der Waals surface area contributed by atoms with Gasteiger partial charge >= 0.3 is 5.97 Å². The van der Waals surface area contributed by atoms with Crippen molar-refractivity contribution in [2.75, 3.05) is 13.1 Å². The SMILES string of the molecule is CC(CCCNC(=O)CN)C(=O)O. The lowest BCUT2D eigenvalue weighted by molar-refractivity contribution is -0.141. The molecule has 4 N–H and O–H groups in total. The Morgan fingerprint density at radius 3 is 2.62 bits per heavy atom. The number of carboxylic acid groups (broad SMARTS) is 1. The number of nitrogens with two attached hydrogens (primary N) is 1. The fraction of sp³-hybridized carbons (Fsp3) is 0.750. The standard InChI is InChI=1S/C8H16N2O3/c1-6(8(12)13)3-2-4-10-7(11)5-9/h6H,2-5,9H2,1H3,(H,10,11)(H,12,13). The van der Waals surface area contributed by atoms with Crippen molar-refractivity contribution in [1.82, 2.24) is 5.32 Å². The van der Waals surface area contributed by atoms with Crippen molar-refractivity contribution in [1.29, 1.82) is 0 Å². The number of carbonyl (C=O) groups excluding carboxylic acids is 1. The normalized spacial score (nSPS) is 12.2. The second kappa shape index (κ2) is 6.42. The minimum atomic E-state index is -0.801. The Bertz CT molecular complexity index is 182. The van der Waals surface area contributed by atoms with Crippen molar-refractivity contribution in [2.24, 2.45) is 11.7 Å². The van der Waals surface area contributed by atoms with Crippen LogP contribution in [-0.2, 0) is 9.59 Å². The van der Waals surface area contributed by atoms with Crippen LogP contribution in [0.2, 0.25) is 0 Å². The monoisotopic (exact) mass is 188 g/mol. The molecule has 0 rings (SSSR count). The van der Waals surface area contributed by atoms with Gasteiger partial charge in [0.25, 0.3) is 0 Å². The number of carbonyl (C=O) groups is 2. The molecule has 1 unspecified atom stereocenters. The highest BCUT2D eigenvalue weighted by atomic mass is 16.4. The lowest BCUT2D eigenvalue weighted by Gasteiger charge is -2.06. The molecule has 13 heavy (non-hydrogen) atoms. The molecule has 0 aromatic heterocycles. The predicted octanol–water partition coefficient (Wildman–Crippen LogP) is -0.438. The van der Waals surface area contributed by atoms with Crippen LogP contribution in [0.25, 0.3) is 0 Å². The van der Waals surface area contributed by atoms with Gasteiger partial charge in [0.2, 0.25) is 5.91 Å². The third kappa shape index (κ3) is 6.10. The molecule has 0 radical (unpaired) electrons. The Labute approximate surface area is 77.3 Å². The van der Waals surface area contributed by atoms with Gasteiger partial charge in [-0.2, -0.15) is 0 Å². The summed E-state index contributed by atoms with van der Waals surface area (Å²) in [6.07, 6.45) is 1.24. The first-order chi connectivity index (χ1) is 6.07. The third-order valence-electron chi connectivity index (χ3n) is 1.74. The van der Waals surface area contributed by atoms with Gasteiger partial charge in [0.15, 0.2) is 0 Å². The van der Waals surface area contributed by atoms with Crippen molar-refractivity contribution in [2.45, 2.75) is 19.8 Å². The molecule has 76 valence electrons. The van der Waals surface area contributed by atoms with Gasteiger partial charge < -0.3 is 16.2 Å². The first-order valence-electron chi connectivity index (χ1n) is 4.27. The number of hydrogen-bond donors (Lipinski definition) is 3. The molecule has 1 atom stereocenters. The highest BCUT2D eigenvalue weighted by Crippen LogP contribution is 2.03. The molecule has 0 spiro atoms. The smallest absolute Gasteiger partial charge is 0.306 e. The molecule has 0 aliphatic heterocycles. The Hall–Kier alpha value is -1.10. The highest BCUT2D eigenvalue weighted by molar-refractivity contribution is 5.77. The van der Waals surface area contributed by atoms with E-state index in [9.17, 15) is 9.59 Å². The molecule has 0 aromatic rings. The largest absolute Gasteiger partial charge is 0.481 e. The molecule has 5 nitrogen and oxygen atoms in total. The molecule has 0 bridgehead atoms.